The molecule has 0 aromatic heterocycles. The van der Waals surface area contributed by atoms with Crippen molar-refractivity contribution >= 4 is 6.29 Å². The zero-order chi connectivity index (χ0) is 8.55. The van der Waals surface area contributed by atoms with Crippen LogP contribution in [0.15, 0.2) is 24.3 Å². The van der Waals surface area contributed by atoms with Gasteiger partial charge >= 0.3 is 0 Å². The highest BCUT2D eigenvalue weighted by atomic mass is 16.1. The lowest BCUT2D eigenvalue weighted by atomic mass is 10.0. The van der Waals surface area contributed by atoms with E-state index in [1.165, 1.54) is 5.56 Å². The van der Waals surface area contributed by atoms with Gasteiger partial charge in [0.05, 0.1) is 5.92 Å². The molecule has 0 saturated carbocycles. The van der Waals surface area contributed by atoms with Gasteiger partial charge in [-0.25, -0.2) is 0 Å². The second-order valence-corrected chi connectivity index (χ2v) is 3.23. The van der Waals surface area contributed by atoms with Crippen LogP contribution in [-0.4, -0.2) is 12.3 Å². The summed E-state index contributed by atoms with van der Waals surface area (Å²) in [5.74, 6) is -0.0822. The van der Waals surface area contributed by atoms with Crippen LogP contribution in [0.25, 0.3) is 0 Å². The van der Waals surface area contributed by atoms with Gasteiger partial charge in [0.15, 0.2) is 0 Å². The molecule has 2 rings (SSSR count). The van der Waals surface area contributed by atoms with Gasteiger partial charge in [0, 0.05) is 6.04 Å². The van der Waals surface area contributed by atoms with Gasteiger partial charge in [0.25, 0.3) is 0 Å². The van der Waals surface area contributed by atoms with Crippen molar-refractivity contribution < 1.29 is 4.79 Å². The Morgan fingerprint density at radius 2 is 2.17 bits per heavy atom. The summed E-state index contributed by atoms with van der Waals surface area (Å²) in [6, 6.07) is 7.95. The number of carbonyl (C=O) groups is 1. The van der Waals surface area contributed by atoms with Crippen molar-refractivity contribution in [1.29, 1.82) is 0 Å². The molecule has 1 aliphatic rings. The number of benzene rings is 1. The lowest BCUT2D eigenvalue weighted by Crippen LogP contribution is -2.25. The highest BCUT2D eigenvalue weighted by Gasteiger charge is 2.28. The first kappa shape index (κ1) is 7.50. The monoisotopic (exact) mass is 161 g/mol. The maximum Gasteiger partial charge on any atom is 0.129 e. The summed E-state index contributed by atoms with van der Waals surface area (Å²) in [5.41, 5.74) is 8.14. The molecule has 1 aromatic carbocycles. The van der Waals surface area contributed by atoms with Crippen LogP contribution in [0.4, 0.5) is 0 Å². The van der Waals surface area contributed by atoms with Crippen LogP contribution in [0.1, 0.15) is 17.0 Å². The summed E-state index contributed by atoms with van der Waals surface area (Å²) in [5, 5.41) is 0. The molecule has 0 amide bonds. The Labute approximate surface area is 71.4 Å². The van der Waals surface area contributed by atoms with Gasteiger partial charge in [0.1, 0.15) is 6.29 Å². The van der Waals surface area contributed by atoms with Gasteiger partial charge in [-0.05, 0) is 17.5 Å². The molecular weight excluding hydrogens is 150 g/mol. The lowest BCUT2D eigenvalue weighted by molar-refractivity contribution is -0.109. The highest BCUT2D eigenvalue weighted by Crippen LogP contribution is 2.30. The predicted molar refractivity (Wildman–Crippen MR) is 46.9 cm³/mol. The molecule has 0 bridgehead atoms. The van der Waals surface area contributed by atoms with Crippen molar-refractivity contribution in [3.63, 3.8) is 0 Å². The van der Waals surface area contributed by atoms with Crippen LogP contribution in [-0.2, 0) is 11.2 Å². The number of rotatable bonds is 1. The molecule has 2 N–H and O–H groups in total. The van der Waals surface area contributed by atoms with E-state index in [4.69, 9.17) is 5.73 Å². The van der Waals surface area contributed by atoms with Gasteiger partial charge in [-0.15, -0.1) is 0 Å². The zero-order valence-corrected chi connectivity index (χ0v) is 6.73. The van der Waals surface area contributed by atoms with E-state index in [2.05, 4.69) is 0 Å². The van der Waals surface area contributed by atoms with E-state index in [9.17, 15) is 4.79 Å². The standard InChI is InChI=1S/C10H11NO/c11-10-5-7-3-1-2-4-8(7)9(10)6-12/h1-4,6,9-10H,5,11H2. The Bertz CT molecular complexity index is 308. The van der Waals surface area contributed by atoms with Gasteiger partial charge in [-0.3, -0.25) is 0 Å². The normalized spacial score (nSPS) is 26.8. The van der Waals surface area contributed by atoms with Crippen LogP contribution in [0, 0.1) is 0 Å². The molecule has 12 heavy (non-hydrogen) atoms. The number of aldehydes is 1. The second-order valence-electron chi connectivity index (χ2n) is 3.23. The summed E-state index contributed by atoms with van der Waals surface area (Å²) in [7, 11) is 0. The molecule has 1 aromatic rings. The van der Waals surface area contributed by atoms with Crippen molar-refractivity contribution in [2.24, 2.45) is 5.73 Å². The summed E-state index contributed by atoms with van der Waals surface area (Å²) >= 11 is 0. The summed E-state index contributed by atoms with van der Waals surface area (Å²) in [4.78, 5) is 10.7. The zero-order valence-electron chi connectivity index (χ0n) is 6.73. The van der Waals surface area contributed by atoms with Crippen molar-refractivity contribution in [3.8, 4) is 0 Å². The molecule has 0 radical (unpaired) electrons. The van der Waals surface area contributed by atoms with E-state index < -0.39 is 0 Å². The average Bonchev–Trinajstić information content (AvgIpc) is 2.40. The number of carbonyl (C=O) groups excluding carboxylic acids is 1. The van der Waals surface area contributed by atoms with Crippen molar-refractivity contribution in [1.82, 2.24) is 0 Å². The molecule has 2 heteroatoms. The number of nitrogens with two attached hydrogens (primary N) is 1. The fraction of sp³-hybridized carbons (Fsp3) is 0.300. The van der Waals surface area contributed by atoms with E-state index >= 15 is 0 Å². The van der Waals surface area contributed by atoms with Crippen molar-refractivity contribution in [3.05, 3.63) is 35.4 Å². The Hall–Kier alpha value is -1.15. The van der Waals surface area contributed by atoms with Gasteiger partial charge < -0.3 is 10.5 Å². The minimum absolute atomic E-state index is 0.0140. The van der Waals surface area contributed by atoms with E-state index in [0.29, 0.717) is 0 Å². The molecule has 1 aliphatic carbocycles. The molecular formula is C10H11NO. The molecule has 0 aliphatic heterocycles. The fourth-order valence-electron chi connectivity index (χ4n) is 1.83. The molecule has 2 atom stereocenters. The largest absolute Gasteiger partial charge is 0.326 e. The van der Waals surface area contributed by atoms with Gasteiger partial charge in [-0.2, -0.15) is 0 Å². The molecule has 0 saturated heterocycles. The van der Waals surface area contributed by atoms with E-state index in [-0.39, 0.29) is 12.0 Å². The maximum absolute atomic E-state index is 10.7. The van der Waals surface area contributed by atoms with Crippen LogP contribution in [0.3, 0.4) is 0 Å². The summed E-state index contributed by atoms with van der Waals surface area (Å²) in [6.07, 6.45) is 1.79. The third-order valence-corrected chi connectivity index (χ3v) is 2.48. The Kier molecular flexibility index (Phi) is 1.70. The Balaban J connectivity index is 2.47. The predicted octanol–water partition coefficient (Wildman–Crippen LogP) is 0.853. The Morgan fingerprint density at radius 3 is 2.92 bits per heavy atom. The highest BCUT2D eigenvalue weighted by molar-refractivity contribution is 5.67. The van der Waals surface area contributed by atoms with Crippen molar-refractivity contribution in [2.75, 3.05) is 0 Å². The summed E-state index contributed by atoms with van der Waals surface area (Å²) < 4.78 is 0. The van der Waals surface area contributed by atoms with Gasteiger partial charge in [-0.1, -0.05) is 24.3 Å². The number of hydrogen-bond donors (Lipinski definition) is 1. The third kappa shape index (κ3) is 0.959. The minimum atomic E-state index is -0.0822. The number of fused-ring (bicyclic) bond motifs is 1. The molecule has 0 fully saturated rings. The first-order chi connectivity index (χ1) is 5.83. The number of hydrogen-bond acceptors (Lipinski definition) is 2. The summed E-state index contributed by atoms with van der Waals surface area (Å²) in [6.45, 7) is 0. The second kappa shape index (κ2) is 2.72. The lowest BCUT2D eigenvalue weighted by Gasteiger charge is -2.07. The molecule has 2 nitrogen and oxygen atoms in total. The first-order valence-electron chi connectivity index (χ1n) is 4.11. The van der Waals surface area contributed by atoms with Crippen LogP contribution in [0.5, 0.6) is 0 Å². The van der Waals surface area contributed by atoms with Crippen LogP contribution in [0.2, 0.25) is 0 Å². The smallest absolute Gasteiger partial charge is 0.129 e. The first-order valence-corrected chi connectivity index (χ1v) is 4.11. The molecule has 0 heterocycles. The van der Waals surface area contributed by atoms with E-state index in [1.807, 2.05) is 24.3 Å². The van der Waals surface area contributed by atoms with Crippen molar-refractivity contribution in [2.45, 2.75) is 18.4 Å². The third-order valence-electron chi connectivity index (χ3n) is 2.48. The van der Waals surface area contributed by atoms with E-state index in [1.54, 1.807) is 0 Å². The van der Waals surface area contributed by atoms with Gasteiger partial charge in [0.2, 0.25) is 0 Å². The molecule has 2 unspecified atom stereocenters. The fourth-order valence-corrected chi connectivity index (χ4v) is 1.83. The molecule has 0 spiro atoms. The quantitative estimate of drug-likeness (QED) is 0.620. The SMILES string of the molecule is NC1Cc2ccccc2C1C=O. The molecule has 62 valence electrons. The van der Waals surface area contributed by atoms with Crippen LogP contribution >= 0.6 is 0 Å². The maximum atomic E-state index is 10.7. The average molecular weight is 161 g/mol. The van der Waals surface area contributed by atoms with E-state index in [0.717, 1.165) is 18.3 Å². The minimum Gasteiger partial charge on any atom is -0.326 e. The Morgan fingerprint density at radius 1 is 1.42 bits per heavy atom. The topological polar surface area (TPSA) is 43.1 Å². The van der Waals surface area contributed by atoms with Crippen LogP contribution < -0.4 is 5.73 Å².